The minimum Gasteiger partial charge on any atom is -0.534 e. The van der Waals surface area contributed by atoms with E-state index in [1.54, 1.807) is 13.0 Å². The fourth-order valence-corrected chi connectivity index (χ4v) is 5.23. The second-order valence-electron chi connectivity index (χ2n) is 9.80. The second-order valence-corrected chi connectivity index (χ2v) is 11.5. The molecule has 2 aromatic rings. The van der Waals surface area contributed by atoms with Crippen LogP contribution in [0.15, 0.2) is 36.4 Å². The highest BCUT2D eigenvalue weighted by Crippen LogP contribution is 2.31. The van der Waals surface area contributed by atoms with Crippen LogP contribution >= 0.6 is 0 Å². The summed E-state index contributed by atoms with van der Waals surface area (Å²) in [5.74, 6) is -5.94. The van der Waals surface area contributed by atoms with Crippen LogP contribution in [-0.2, 0) is 30.8 Å². The monoisotopic (exact) mass is 617 g/mol. The van der Waals surface area contributed by atoms with Crippen molar-refractivity contribution in [3.8, 4) is 11.5 Å². The van der Waals surface area contributed by atoms with Gasteiger partial charge in [0.25, 0.3) is 0 Å². The molecular weight excluding hydrogens is 589 g/mol. The summed E-state index contributed by atoms with van der Waals surface area (Å²) >= 11 is 0. The average molecular weight is 617 g/mol. The van der Waals surface area contributed by atoms with Gasteiger partial charge in [-0.25, -0.2) is 18.0 Å². The lowest BCUT2D eigenvalue weighted by Gasteiger charge is -2.33. The molecule has 5 amide bonds. The van der Waals surface area contributed by atoms with Crippen molar-refractivity contribution in [3.63, 3.8) is 0 Å². The summed E-state index contributed by atoms with van der Waals surface area (Å²) in [5, 5.41) is 35.1. The summed E-state index contributed by atoms with van der Waals surface area (Å²) in [6.45, 7) is 1.82. The van der Waals surface area contributed by atoms with Gasteiger partial charge in [-0.1, -0.05) is 18.2 Å². The van der Waals surface area contributed by atoms with E-state index < -0.39 is 64.6 Å². The lowest BCUT2D eigenvalue weighted by atomic mass is 9.72. The standard InChI is InChI=1S/C25H28BN5O11S/c1-3-30-9-10-31(23(35)22(30)34)25(38)28-19(13-7-8-17(32)16(11-13)29-43(2,40)41)21(33)27-18-12-14-5-4-6-15(24(36)37)20(14)42-26(18)39/h4-8,11,18-19,29,32,39H,3,9-10,12H2,1-2H3,(H,27,33)(H,28,38)(H,36,37)/t18-,19?/m0/s1. The molecule has 0 aliphatic carbocycles. The maximum atomic E-state index is 13.6. The van der Waals surface area contributed by atoms with Gasteiger partial charge in [-0.3, -0.25) is 24.0 Å². The molecule has 1 saturated heterocycles. The van der Waals surface area contributed by atoms with E-state index in [0.717, 1.165) is 18.4 Å². The number of carbonyl (C=O) groups excluding carboxylic acids is 4. The molecule has 228 valence electrons. The average Bonchev–Trinajstić information content (AvgIpc) is 2.93. The van der Waals surface area contributed by atoms with Gasteiger partial charge in [0, 0.05) is 19.6 Å². The molecule has 1 fully saturated rings. The SMILES string of the molecule is CCN1CCN(C(=O)NC(C(=O)N[C@H]2Cc3cccc(C(=O)O)c3OB2O)c2ccc(O)c(NS(C)(=O)=O)c2)C(=O)C1=O. The number of amides is 5. The van der Waals surface area contributed by atoms with Gasteiger partial charge >= 0.3 is 30.9 Å². The lowest BCUT2D eigenvalue weighted by molar-refractivity contribution is -0.153. The van der Waals surface area contributed by atoms with Crippen LogP contribution in [0.25, 0.3) is 0 Å². The number of phenolic OH excluding ortho intramolecular Hbond substituents is 1. The number of carboxylic acids is 1. The quantitative estimate of drug-likeness (QED) is 0.120. The fourth-order valence-electron chi connectivity index (χ4n) is 4.67. The van der Waals surface area contributed by atoms with Crippen molar-refractivity contribution in [2.75, 3.05) is 30.6 Å². The number of phenols is 1. The normalized spacial score (nSPS) is 17.5. The van der Waals surface area contributed by atoms with Gasteiger partial charge in [0.05, 0.1) is 23.4 Å². The Hall–Kier alpha value is -4.84. The van der Waals surface area contributed by atoms with Gasteiger partial charge < -0.3 is 35.4 Å². The van der Waals surface area contributed by atoms with Crippen LogP contribution in [0.3, 0.4) is 0 Å². The predicted octanol–water partition coefficient (Wildman–Crippen LogP) is -0.957. The Kier molecular flexibility index (Phi) is 8.81. The van der Waals surface area contributed by atoms with E-state index in [4.69, 9.17) is 4.65 Å². The number of nitrogens with zero attached hydrogens (tertiary/aromatic N) is 2. The van der Waals surface area contributed by atoms with E-state index >= 15 is 0 Å². The molecule has 2 heterocycles. The van der Waals surface area contributed by atoms with E-state index in [9.17, 15) is 47.6 Å². The van der Waals surface area contributed by atoms with Gasteiger partial charge in [0.1, 0.15) is 17.5 Å². The number of para-hydroxylation sites is 1. The first-order valence-electron chi connectivity index (χ1n) is 12.9. The minimum atomic E-state index is -3.88. The van der Waals surface area contributed by atoms with Crippen molar-refractivity contribution >= 4 is 52.6 Å². The number of carboxylic acid groups (broad SMARTS) is 1. The molecule has 2 aliphatic rings. The molecule has 4 rings (SSSR count). The summed E-state index contributed by atoms with van der Waals surface area (Å²) in [5.41, 5.74) is -0.173. The lowest BCUT2D eigenvalue weighted by Crippen LogP contribution is -2.60. The molecule has 0 spiro atoms. The van der Waals surface area contributed by atoms with Crippen molar-refractivity contribution in [1.29, 1.82) is 0 Å². The third-order valence-electron chi connectivity index (χ3n) is 6.79. The number of anilines is 1. The van der Waals surface area contributed by atoms with Crippen LogP contribution in [0, 0.1) is 0 Å². The molecule has 0 saturated carbocycles. The zero-order valence-corrected chi connectivity index (χ0v) is 23.8. The van der Waals surface area contributed by atoms with Crippen LogP contribution in [-0.4, -0.2) is 102 Å². The molecule has 43 heavy (non-hydrogen) atoms. The maximum Gasteiger partial charge on any atom is 0.547 e. The zero-order valence-electron chi connectivity index (χ0n) is 22.9. The molecule has 0 aromatic heterocycles. The third kappa shape index (κ3) is 6.81. The molecule has 1 unspecified atom stereocenters. The van der Waals surface area contributed by atoms with Gasteiger partial charge in [0.15, 0.2) is 0 Å². The highest BCUT2D eigenvalue weighted by atomic mass is 32.2. The Labute approximate surface area is 245 Å². The fraction of sp³-hybridized carbons (Fsp3) is 0.320. The van der Waals surface area contributed by atoms with Gasteiger partial charge in [0.2, 0.25) is 15.9 Å². The third-order valence-corrected chi connectivity index (χ3v) is 7.38. The topological polar surface area (TPSA) is 232 Å². The highest BCUT2D eigenvalue weighted by Gasteiger charge is 2.41. The van der Waals surface area contributed by atoms with Crippen LogP contribution in [0.4, 0.5) is 10.5 Å². The number of urea groups is 1. The number of aromatic hydroxyl groups is 1. The van der Waals surface area contributed by atoms with Crippen LogP contribution in [0.5, 0.6) is 11.5 Å². The number of rotatable bonds is 8. The molecular formula is C25H28BN5O11S. The first-order valence-corrected chi connectivity index (χ1v) is 14.8. The number of sulfonamides is 1. The van der Waals surface area contributed by atoms with Gasteiger partial charge in [-0.05, 0) is 42.7 Å². The number of benzene rings is 2. The number of nitrogens with one attached hydrogen (secondary N) is 3. The molecule has 18 heteroatoms. The zero-order chi connectivity index (χ0) is 31.6. The first kappa shape index (κ1) is 31.1. The number of hydrogen-bond donors (Lipinski definition) is 6. The molecule has 0 bridgehead atoms. The maximum absolute atomic E-state index is 13.6. The van der Waals surface area contributed by atoms with Gasteiger partial charge in [-0.15, -0.1) is 0 Å². The molecule has 2 aliphatic heterocycles. The molecule has 2 atom stereocenters. The Morgan fingerprint density at radius 1 is 1.14 bits per heavy atom. The number of imide groups is 1. The second kappa shape index (κ2) is 12.2. The van der Waals surface area contributed by atoms with E-state index in [1.165, 1.54) is 23.1 Å². The summed E-state index contributed by atoms with van der Waals surface area (Å²) < 4.78 is 31.1. The predicted molar refractivity (Wildman–Crippen MR) is 149 cm³/mol. The van der Waals surface area contributed by atoms with E-state index in [0.29, 0.717) is 10.5 Å². The molecule has 16 nitrogen and oxygen atoms in total. The first-order chi connectivity index (χ1) is 20.2. The largest absolute Gasteiger partial charge is 0.547 e. The number of fused-ring (bicyclic) bond motifs is 1. The molecule has 6 N–H and O–H groups in total. The molecule has 0 radical (unpaired) electrons. The number of carbonyl (C=O) groups is 5. The summed E-state index contributed by atoms with van der Waals surface area (Å²) in [4.78, 5) is 65.2. The number of piperazine rings is 1. The van der Waals surface area contributed by atoms with Crippen molar-refractivity contribution in [1.82, 2.24) is 20.4 Å². The van der Waals surface area contributed by atoms with Crippen molar-refractivity contribution in [2.24, 2.45) is 0 Å². The smallest absolute Gasteiger partial charge is 0.534 e. The summed E-state index contributed by atoms with van der Waals surface area (Å²) in [6.07, 6.45) is 0.772. The van der Waals surface area contributed by atoms with E-state index in [1.807, 2.05) is 0 Å². The summed E-state index contributed by atoms with van der Waals surface area (Å²) in [6, 6.07) is 4.95. The van der Waals surface area contributed by atoms with Crippen molar-refractivity contribution in [2.45, 2.75) is 25.3 Å². The number of likely N-dealkylation sites (N-methyl/N-ethyl adjacent to an activating group) is 1. The van der Waals surface area contributed by atoms with E-state index in [2.05, 4.69) is 15.4 Å². The Balaban J connectivity index is 1.64. The van der Waals surface area contributed by atoms with Gasteiger partial charge in [-0.2, -0.15) is 0 Å². The Morgan fingerprint density at radius 2 is 1.86 bits per heavy atom. The van der Waals surface area contributed by atoms with Crippen LogP contribution < -0.4 is 20.0 Å². The van der Waals surface area contributed by atoms with Crippen molar-refractivity contribution in [3.05, 3.63) is 53.1 Å². The number of aromatic carboxylic acids is 1. The summed E-state index contributed by atoms with van der Waals surface area (Å²) in [7, 11) is -5.57. The molecule has 2 aromatic carbocycles. The van der Waals surface area contributed by atoms with Crippen LogP contribution in [0.2, 0.25) is 0 Å². The Bertz CT molecular complexity index is 1600. The Morgan fingerprint density at radius 3 is 2.51 bits per heavy atom. The minimum absolute atomic E-state index is 0.0412. The number of hydrogen-bond acceptors (Lipinski definition) is 10. The van der Waals surface area contributed by atoms with Crippen LogP contribution in [0.1, 0.15) is 34.5 Å². The van der Waals surface area contributed by atoms with E-state index in [-0.39, 0.29) is 48.6 Å². The highest BCUT2D eigenvalue weighted by molar-refractivity contribution is 7.92. The van der Waals surface area contributed by atoms with Crippen molar-refractivity contribution < 1.29 is 52.3 Å².